The molecule has 3 rings (SSSR count). The lowest BCUT2D eigenvalue weighted by Gasteiger charge is -2.27. The molecule has 1 heterocycles. The third kappa shape index (κ3) is 3.74. The normalized spacial score (nSPS) is 20.7. The van der Waals surface area contributed by atoms with Crippen LogP contribution in [0.25, 0.3) is 11.1 Å². The zero-order chi connectivity index (χ0) is 18.0. The molecule has 0 aliphatic carbocycles. The van der Waals surface area contributed by atoms with Crippen LogP contribution in [-0.4, -0.2) is 6.61 Å². The van der Waals surface area contributed by atoms with Crippen LogP contribution >= 0.6 is 0 Å². The molecule has 2 aromatic rings. The molecule has 2 atom stereocenters. The van der Waals surface area contributed by atoms with E-state index in [0.717, 1.165) is 12.8 Å². The zero-order valence-corrected chi connectivity index (χ0v) is 14.6. The van der Waals surface area contributed by atoms with Crippen molar-refractivity contribution in [1.29, 1.82) is 0 Å². The van der Waals surface area contributed by atoms with E-state index in [1.807, 2.05) is 6.92 Å². The topological polar surface area (TPSA) is 9.23 Å². The third-order valence-electron chi connectivity index (χ3n) is 4.85. The molecular weight excluding hydrogens is 325 g/mol. The molecule has 0 N–H and O–H groups in total. The van der Waals surface area contributed by atoms with Crippen molar-refractivity contribution in [1.82, 2.24) is 0 Å². The third-order valence-corrected chi connectivity index (χ3v) is 4.85. The molecular formula is C21H23F3O. The minimum Gasteiger partial charge on any atom is -0.373 e. The van der Waals surface area contributed by atoms with E-state index in [2.05, 4.69) is 6.92 Å². The first kappa shape index (κ1) is 18.0. The van der Waals surface area contributed by atoms with E-state index >= 15 is 0 Å². The fourth-order valence-electron chi connectivity index (χ4n) is 3.35. The smallest absolute Gasteiger partial charge is 0.167 e. The molecule has 0 radical (unpaired) electrons. The van der Waals surface area contributed by atoms with Crippen molar-refractivity contribution in [2.75, 3.05) is 6.61 Å². The largest absolute Gasteiger partial charge is 0.373 e. The van der Waals surface area contributed by atoms with Gasteiger partial charge >= 0.3 is 0 Å². The van der Waals surface area contributed by atoms with Crippen LogP contribution in [0, 0.1) is 23.4 Å². The van der Waals surface area contributed by atoms with Gasteiger partial charge < -0.3 is 4.74 Å². The van der Waals surface area contributed by atoms with Crippen LogP contribution in [0.2, 0.25) is 0 Å². The Morgan fingerprint density at radius 3 is 2.48 bits per heavy atom. The highest BCUT2D eigenvalue weighted by Gasteiger charge is 2.25. The van der Waals surface area contributed by atoms with Crippen molar-refractivity contribution in [2.24, 2.45) is 5.92 Å². The lowest BCUT2D eigenvalue weighted by molar-refractivity contribution is -0.0144. The summed E-state index contributed by atoms with van der Waals surface area (Å²) in [4.78, 5) is 0. The molecule has 0 aromatic heterocycles. The van der Waals surface area contributed by atoms with E-state index in [0.29, 0.717) is 36.5 Å². The Bertz CT molecular complexity index is 749. The van der Waals surface area contributed by atoms with Gasteiger partial charge in [0.2, 0.25) is 0 Å². The summed E-state index contributed by atoms with van der Waals surface area (Å²) in [6.45, 7) is 4.60. The van der Waals surface area contributed by atoms with Crippen LogP contribution in [0.1, 0.15) is 50.3 Å². The number of hydrogen-bond donors (Lipinski definition) is 0. The Morgan fingerprint density at radius 1 is 1.04 bits per heavy atom. The molecule has 1 aliphatic heterocycles. The summed E-state index contributed by atoms with van der Waals surface area (Å²) in [5, 5.41) is 0. The van der Waals surface area contributed by atoms with Gasteiger partial charge in [0.15, 0.2) is 11.6 Å². The monoisotopic (exact) mass is 348 g/mol. The van der Waals surface area contributed by atoms with Crippen LogP contribution in [0.5, 0.6) is 0 Å². The van der Waals surface area contributed by atoms with Crippen LogP contribution in [-0.2, 0) is 11.2 Å². The Balaban J connectivity index is 1.91. The van der Waals surface area contributed by atoms with Crippen LogP contribution < -0.4 is 0 Å². The molecule has 2 unspecified atom stereocenters. The molecule has 1 fully saturated rings. The summed E-state index contributed by atoms with van der Waals surface area (Å²) in [6.07, 6.45) is 2.64. The van der Waals surface area contributed by atoms with E-state index in [4.69, 9.17) is 4.74 Å². The maximum atomic E-state index is 14.6. The Kier molecular flexibility index (Phi) is 5.48. The van der Waals surface area contributed by atoms with Gasteiger partial charge in [0.1, 0.15) is 5.82 Å². The Labute approximate surface area is 146 Å². The van der Waals surface area contributed by atoms with Crippen molar-refractivity contribution in [3.63, 3.8) is 0 Å². The number of hydrogen-bond acceptors (Lipinski definition) is 1. The quantitative estimate of drug-likeness (QED) is 0.638. The molecule has 25 heavy (non-hydrogen) atoms. The summed E-state index contributed by atoms with van der Waals surface area (Å²) in [5.74, 6) is -1.78. The second kappa shape index (κ2) is 7.61. The predicted molar refractivity (Wildman–Crippen MR) is 92.8 cm³/mol. The Hall–Kier alpha value is -1.81. The number of ether oxygens (including phenoxy) is 1. The van der Waals surface area contributed by atoms with Gasteiger partial charge in [-0.05, 0) is 42.4 Å². The van der Waals surface area contributed by atoms with Gasteiger partial charge in [-0.2, -0.15) is 0 Å². The molecule has 134 valence electrons. The van der Waals surface area contributed by atoms with Crippen molar-refractivity contribution >= 4 is 0 Å². The van der Waals surface area contributed by atoms with Crippen LogP contribution in [0.3, 0.4) is 0 Å². The molecule has 0 spiro atoms. The lowest BCUT2D eigenvalue weighted by atomic mass is 9.93. The van der Waals surface area contributed by atoms with Gasteiger partial charge in [-0.15, -0.1) is 0 Å². The molecule has 0 saturated carbocycles. The second-order valence-electron chi connectivity index (χ2n) is 6.89. The number of benzene rings is 2. The number of halogens is 3. The van der Waals surface area contributed by atoms with Gasteiger partial charge in [0.05, 0.1) is 6.10 Å². The highest BCUT2D eigenvalue weighted by atomic mass is 19.2. The van der Waals surface area contributed by atoms with E-state index in [9.17, 15) is 13.2 Å². The first-order valence-electron chi connectivity index (χ1n) is 8.89. The van der Waals surface area contributed by atoms with Crippen molar-refractivity contribution in [2.45, 2.75) is 45.6 Å². The van der Waals surface area contributed by atoms with E-state index in [1.54, 1.807) is 18.2 Å². The highest BCUT2D eigenvalue weighted by molar-refractivity contribution is 5.65. The van der Waals surface area contributed by atoms with Gasteiger partial charge in [0, 0.05) is 17.7 Å². The van der Waals surface area contributed by atoms with Gasteiger partial charge in [-0.25, -0.2) is 13.2 Å². The van der Waals surface area contributed by atoms with Crippen molar-refractivity contribution < 1.29 is 17.9 Å². The molecule has 1 saturated heterocycles. The van der Waals surface area contributed by atoms with Crippen LogP contribution in [0.4, 0.5) is 13.2 Å². The molecule has 0 amide bonds. The van der Waals surface area contributed by atoms with Gasteiger partial charge in [0.25, 0.3) is 0 Å². The standard InChI is InChI=1S/C21H23F3O/c1-3-4-14-6-7-15(11-18(14)22)16-8-9-17(21(24)20(16)23)19-10-5-13(2)12-25-19/h6-9,11,13,19H,3-5,10,12H2,1-2H3. The minimum atomic E-state index is -0.942. The van der Waals surface area contributed by atoms with E-state index in [1.165, 1.54) is 12.1 Å². The SMILES string of the molecule is CCCc1ccc(-c2ccc(C3CCC(C)CO3)c(F)c2F)cc1F. The molecule has 2 aromatic carbocycles. The zero-order valence-electron chi connectivity index (χ0n) is 14.6. The first-order valence-corrected chi connectivity index (χ1v) is 8.89. The Morgan fingerprint density at radius 2 is 1.84 bits per heavy atom. The molecule has 1 nitrogen and oxygen atoms in total. The lowest BCUT2D eigenvalue weighted by Crippen LogP contribution is -2.19. The summed E-state index contributed by atoms with van der Waals surface area (Å²) >= 11 is 0. The molecule has 4 heteroatoms. The second-order valence-corrected chi connectivity index (χ2v) is 6.89. The molecule has 1 aliphatic rings. The van der Waals surface area contributed by atoms with Crippen LogP contribution in [0.15, 0.2) is 30.3 Å². The maximum absolute atomic E-state index is 14.6. The van der Waals surface area contributed by atoms with E-state index < -0.39 is 17.7 Å². The highest BCUT2D eigenvalue weighted by Crippen LogP contribution is 2.35. The number of rotatable bonds is 4. The van der Waals surface area contributed by atoms with E-state index in [-0.39, 0.29) is 16.9 Å². The van der Waals surface area contributed by atoms with Crippen molar-refractivity contribution in [3.05, 3.63) is 58.9 Å². The fraction of sp³-hybridized carbons (Fsp3) is 0.429. The number of aryl methyl sites for hydroxylation is 1. The van der Waals surface area contributed by atoms with Crippen molar-refractivity contribution in [3.8, 4) is 11.1 Å². The van der Waals surface area contributed by atoms with Gasteiger partial charge in [-0.1, -0.05) is 44.5 Å². The summed E-state index contributed by atoms with van der Waals surface area (Å²) in [6, 6.07) is 7.65. The molecule has 0 bridgehead atoms. The minimum absolute atomic E-state index is 0.0763. The average Bonchev–Trinajstić information content (AvgIpc) is 2.60. The summed E-state index contributed by atoms with van der Waals surface area (Å²) < 4.78 is 49.0. The maximum Gasteiger partial charge on any atom is 0.167 e. The first-order chi connectivity index (χ1) is 12.0. The summed E-state index contributed by atoms with van der Waals surface area (Å²) in [7, 11) is 0. The summed E-state index contributed by atoms with van der Waals surface area (Å²) in [5.41, 5.74) is 1.26. The predicted octanol–water partition coefficient (Wildman–Crippen LogP) is 6.21. The fourth-order valence-corrected chi connectivity index (χ4v) is 3.35. The van der Waals surface area contributed by atoms with Gasteiger partial charge in [-0.3, -0.25) is 0 Å². The average molecular weight is 348 g/mol.